The molecule has 0 unspecified atom stereocenters. The SMILES string of the molecule is Cc1[nH]c2ccccc2c1C(=O)OCC(=O)N1CCN(c2cccc(C(F)(F)F)c2)CC1. The molecule has 1 amide bonds. The topological polar surface area (TPSA) is 65.6 Å². The normalized spacial score (nSPS) is 14.6. The van der Waals surface area contributed by atoms with E-state index in [-0.39, 0.29) is 12.5 Å². The van der Waals surface area contributed by atoms with E-state index in [4.69, 9.17) is 4.74 Å². The minimum absolute atomic E-state index is 0.332. The fraction of sp³-hybridized carbons (Fsp3) is 0.304. The number of H-pyrrole nitrogens is 1. The molecule has 0 saturated carbocycles. The molecular weight excluding hydrogens is 423 g/mol. The van der Waals surface area contributed by atoms with Crippen molar-refractivity contribution in [3.8, 4) is 0 Å². The van der Waals surface area contributed by atoms with Crippen LogP contribution in [0.5, 0.6) is 0 Å². The van der Waals surface area contributed by atoms with Gasteiger partial charge in [0.15, 0.2) is 6.61 Å². The quantitative estimate of drug-likeness (QED) is 0.617. The van der Waals surface area contributed by atoms with Gasteiger partial charge < -0.3 is 19.5 Å². The van der Waals surface area contributed by atoms with Crippen LogP contribution in [0, 0.1) is 6.92 Å². The average Bonchev–Trinajstić information content (AvgIpc) is 3.12. The highest BCUT2D eigenvalue weighted by Crippen LogP contribution is 2.32. The number of nitrogens with zero attached hydrogens (tertiary/aromatic N) is 2. The number of alkyl halides is 3. The minimum Gasteiger partial charge on any atom is -0.452 e. The Balaban J connectivity index is 1.33. The third-order valence-corrected chi connectivity index (χ3v) is 5.60. The van der Waals surface area contributed by atoms with Gasteiger partial charge in [-0.25, -0.2) is 4.79 Å². The molecule has 6 nitrogen and oxygen atoms in total. The molecule has 0 spiro atoms. The number of carbonyl (C=O) groups excluding carboxylic acids is 2. The lowest BCUT2D eigenvalue weighted by Gasteiger charge is -2.36. The maximum atomic E-state index is 13.0. The smallest absolute Gasteiger partial charge is 0.416 e. The zero-order valence-corrected chi connectivity index (χ0v) is 17.4. The van der Waals surface area contributed by atoms with Crippen molar-refractivity contribution in [1.29, 1.82) is 0 Å². The Hall–Kier alpha value is -3.49. The first-order valence-electron chi connectivity index (χ1n) is 10.2. The highest BCUT2D eigenvalue weighted by atomic mass is 19.4. The summed E-state index contributed by atoms with van der Waals surface area (Å²) in [7, 11) is 0. The van der Waals surface area contributed by atoms with Crippen molar-refractivity contribution in [1.82, 2.24) is 9.88 Å². The number of aromatic amines is 1. The number of piperazine rings is 1. The fourth-order valence-corrected chi connectivity index (χ4v) is 3.92. The third kappa shape index (κ3) is 4.42. The number of hydrogen-bond acceptors (Lipinski definition) is 4. The predicted molar refractivity (Wildman–Crippen MR) is 114 cm³/mol. The lowest BCUT2D eigenvalue weighted by molar-refractivity contribution is -0.137. The van der Waals surface area contributed by atoms with Gasteiger partial charge in [0.2, 0.25) is 0 Å². The first-order valence-corrected chi connectivity index (χ1v) is 10.2. The number of benzene rings is 2. The molecule has 1 aliphatic rings. The van der Waals surface area contributed by atoms with Crippen LogP contribution in [-0.4, -0.2) is 54.5 Å². The minimum atomic E-state index is -4.40. The van der Waals surface area contributed by atoms with E-state index in [9.17, 15) is 22.8 Å². The Labute approximate surface area is 182 Å². The molecule has 1 saturated heterocycles. The molecule has 0 aliphatic carbocycles. The number of nitrogens with one attached hydrogen (secondary N) is 1. The van der Waals surface area contributed by atoms with Crippen molar-refractivity contribution < 1.29 is 27.5 Å². The highest BCUT2D eigenvalue weighted by Gasteiger charge is 2.31. The molecule has 0 atom stereocenters. The molecule has 1 N–H and O–H groups in total. The summed E-state index contributed by atoms with van der Waals surface area (Å²) in [6.07, 6.45) is -4.40. The fourth-order valence-electron chi connectivity index (χ4n) is 3.92. The Morgan fingerprint density at radius 2 is 1.75 bits per heavy atom. The Kier molecular flexibility index (Phi) is 5.82. The summed E-state index contributed by atoms with van der Waals surface area (Å²) in [4.78, 5) is 31.6. The lowest BCUT2D eigenvalue weighted by Crippen LogP contribution is -2.50. The van der Waals surface area contributed by atoms with Gasteiger partial charge in [-0.05, 0) is 31.2 Å². The predicted octanol–water partition coefficient (Wildman–Crippen LogP) is 4.00. The number of anilines is 1. The summed E-state index contributed by atoms with van der Waals surface area (Å²) in [6, 6.07) is 12.5. The number of hydrogen-bond donors (Lipinski definition) is 1. The molecule has 1 aliphatic heterocycles. The number of para-hydroxylation sites is 1. The number of aryl methyl sites for hydroxylation is 1. The van der Waals surface area contributed by atoms with E-state index in [0.29, 0.717) is 43.1 Å². The molecule has 3 aromatic rings. The van der Waals surface area contributed by atoms with Gasteiger partial charge in [-0.1, -0.05) is 24.3 Å². The molecule has 0 bridgehead atoms. The van der Waals surface area contributed by atoms with Crippen molar-refractivity contribution in [3.05, 3.63) is 65.4 Å². The number of fused-ring (bicyclic) bond motifs is 1. The second-order valence-electron chi connectivity index (χ2n) is 7.66. The van der Waals surface area contributed by atoms with Crippen LogP contribution in [0.4, 0.5) is 18.9 Å². The Morgan fingerprint density at radius 3 is 2.47 bits per heavy atom. The lowest BCUT2D eigenvalue weighted by atomic mass is 10.1. The summed E-state index contributed by atoms with van der Waals surface area (Å²) in [5.41, 5.74) is 1.65. The van der Waals surface area contributed by atoms with E-state index >= 15 is 0 Å². The van der Waals surface area contributed by atoms with E-state index in [1.54, 1.807) is 22.8 Å². The summed E-state index contributed by atoms with van der Waals surface area (Å²) >= 11 is 0. The van der Waals surface area contributed by atoms with Gasteiger partial charge in [-0.2, -0.15) is 13.2 Å². The number of carbonyl (C=O) groups is 2. The Bertz CT molecular complexity index is 1150. The van der Waals surface area contributed by atoms with E-state index in [1.807, 2.05) is 24.3 Å². The molecule has 9 heteroatoms. The second-order valence-corrected chi connectivity index (χ2v) is 7.66. The van der Waals surface area contributed by atoms with Crippen LogP contribution in [-0.2, 0) is 15.7 Å². The number of rotatable bonds is 4. The van der Waals surface area contributed by atoms with Gasteiger partial charge in [0.05, 0.1) is 11.1 Å². The largest absolute Gasteiger partial charge is 0.452 e. The van der Waals surface area contributed by atoms with Gasteiger partial charge in [0.1, 0.15) is 0 Å². The molecule has 1 aromatic heterocycles. The van der Waals surface area contributed by atoms with Crippen LogP contribution in [0.3, 0.4) is 0 Å². The van der Waals surface area contributed by atoms with Crippen molar-refractivity contribution in [2.75, 3.05) is 37.7 Å². The molecule has 4 rings (SSSR count). The monoisotopic (exact) mass is 445 g/mol. The maximum absolute atomic E-state index is 13.0. The van der Waals surface area contributed by atoms with Gasteiger partial charge in [0, 0.05) is 48.5 Å². The summed E-state index contributed by atoms with van der Waals surface area (Å²) in [6.45, 7) is 2.83. The summed E-state index contributed by atoms with van der Waals surface area (Å²) < 4.78 is 44.1. The van der Waals surface area contributed by atoms with Crippen molar-refractivity contribution in [2.45, 2.75) is 13.1 Å². The first-order chi connectivity index (χ1) is 15.2. The van der Waals surface area contributed by atoms with Gasteiger partial charge in [-0.3, -0.25) is 4.79 Å². The van der Waals surface area contributed by atoms with Gasteiger partial charge in [0.25, 0.3) is 5.91 Å². The zero-order valence-electron chi connectivity index (χ0n) is 17.4. The average molecular weight is 445 g/mol. The molecule has 2 heterocycles. The number of ether oxygens (including phenoxy) is 1. The molecule has 168 valence electrons. The number of halogens is 3. The van der Waals surface area contributed by atoms with Crippen LogP contribution in [0.15, 0.2) is 48.5 Å². The van der Waals surface area contributed by atoms with Crippen LogP contribution < -0.4 is 4.90 Å². The van der Waals surface area contributed by atoms with Crippen molar-refractivity contribution in [3.63, 3.8) is 0 Å². The van der Waals surface area contributed by atoms with Gasteiger partial charge >= 0.3 is 12.1 Å². The molecule has 2 aromatic carbocycles. The number of esters is 1. The molecule has 32 heavy (non-hydrogen) atoms. The van der Waals surface area contributed by atoms with E-state index in [1.165, 1.54) is 6.07 Å². The summed E-state index contributed by atoms with van der Waals surface area (Å²) in [5.74, 6) is -0.907. The highest BCUT2D eigenvalue weighted by molar-refractivity contribution is 6.06. The van der Waals surface area contributed by atoms with E-state index in [0.717, 1.165) is 23.0 Å². The number of aromatic nitrogens is 1. The zero-order chi connectivity index (χ0) is 22.9. The van der Waals surface area contributed by atoms with Crippen LogP contribution >= 0.6 is 0 Å². The van der Waals surface area contributed by atoms with Gasteiger partial charge in [-0.15, -0.1) is 0 Å². The second kappa shape index (κ2) is 8.57. The van der Waals surface area contributed by atoms with Crippen LogP contribution in [0.1, 0.15) is 21.6 Å². The van der Waals surface area contributed by atoms with E-state index < -0.39 is 17.7 Å². The van der Waals surface area contributed by atoms with Crippen LogP contribution in [0.2, 0.25) is 0 Å². The summed E-state index contributed by atoms with van der Waals surface area (Å²) in [5, 5.41) is 0.733. The van der Waals surface area contributed by atoms with Crippen molar-refractivity contribution >= 4 is 28.5 Å². The maximum Gasteiger partial charge on any atom is 0.416 e. The third-order valence-electron chi connectivity index (χ3n) is 5.60. The van der Waals surface area contributed by atoms with Crippen molar-refractivity contribution in [2.24, 2.45) is 0 Å². The molecular formula is C23H22F3N3O3. The first kappa shape index (κ1) is 21.7. The van der Waals surface area contributed by atoms with Crippen LogP contribution in [0.25, 0.3) is 10.9 Å². The standard InChI is InChI=1S/C23H22F3N3O3/c1-15-21(18-7-2-3-8-19(18)27-15)22(31)32-14-20(30)29-11-9-28(10-12-29)17-6-4-5-16(13-17)23(24,25)26/h2-8,13,27H,9-12,14H2,1H3. The molecule has 1 fully saturated rings. The number of amides is 1. The van der Waals surface area contributed by atoms with E-state index in [2.05, 4.69) is 4.98 Å². The Morgan fingerprint density at radius 1 is 1.03 bits per heavy atom. The molecule has 0 radical (unpaired) electrons.